The molecule has 0 aliphatic heterocycles. The number of hydrogen-bond acceptors (Lipinski definition) is 2. The third kappa shape index (κ3) is 4.49. The van der Waals surface area contributed by atoms with Gasteiger partial charge in [-0.05, 0) is 66.1 Å². The van der Waals surface area contributed by atoms with E-state index in [0.29, 0.717) is 19.4 Å². The van der Waals surface area contributed by atoms with Crippen molar-refractivity contribution < 1.29 is 9.90 Å². The third-order valence-corrected chi connectivity index (χ3v) is 3.22. The van der Waals surface area contributed by atoms with Gasteiger partial charge in [-0.2, -0.15) is 0 Å². The van der Waals surface area contributed by atoms with Crippen molar-refractivity contribution in [2.45, 2.75) is 19.3 Å². The van der Waals surface area contributed by atoms with Gasteiger partial charge >= 0.3 is 5.97 Å². The van der Waals surface area contributed by atoms with Crippen molar-refractivity contribution in [3.63, 3.8) is 0 Å². The molecule has 1 aromatic carbocycles. The summed E-state index contributed by atoms with van der Waals surface area (Å²) in [4.78, 5) is 11.0. The van der Waals surface area contributed by atoms with E-state index in [9.17, 15) is 4.79 Å². The fourth-order valence-corrected chi connectivity index (χ4v) is 1.94. The summed E-state index contributed by atoms with van der Waals surface area (Å²) in [6.45, 7) is 0.552. The number of carbonyl (C=O) groups is 1. The molecule has 0 aromatic heterocycles. The van der Waals surface area contributed by atoms with Crippen molar-refractivity contribution in [3.8, 4) is 0 Å². The minimum absolute atomic E-state index is 0.316. The Labute approximate surface area is 109 Å². The van der Waals surface area contributed by atoms with Crippen molar-refractivity contribution >= 4 is 28.6 Å². The van der Waals surface area contributed by atoms with Gasteiger partial charge in [0, 0.05) is 3.57 Å². The van der Waals surface area contributed by atoms with Crippen LogP contribution in [0.1, 0.15) is 18.4 Å². The topological polar surface area (TPSA) is 63.3 Å². The maximum absolute atomic E-state index is 11.0. The molecule has 0 aliphatic rings. The monoisotopic (exact) mass is 333 g/mol. The van der Waals surface area contributed by atoms with E-state index in [1.54, 1.807) is 0 Å². The van der Waals surface area contributed by atoms with E-state index in [2.05, 4.69) is 22.6 Å². The lowest BCUT2D eigenvalue weighted by atomic mass is 9.95. The second-order valence-corrected chi connectivity index (χ2v) is 5.04. The van der Waals surface area contributed by atoms with E-state index in [1.165, 1.54) is 0 Å². The number of halogens is 1. The predicted molar refractivity (Wildman–Crippen MR) is 72.3 cm³/mol. The van der Waals surface area contributed by atoms with Crippen LogP contribution in [0.4, 0.5) is 0 Å². The highest BCUT2D eigenvalue weighted by atomic mass is 127. The summed E-state index contributed by atoms with van der Waals surface area (Å²) in [5.41, 5.74) is 6.47. The lowest BCUT2D eigenvalue weighted by Gasteiger charge is -2.11. The zero-order valence-corrected chi connectivity index (χ0v) is 11.2. The van der Waals surface area contributed by atoms with Crippen LogP contribution in [0.15, 0.2) is 24.3 Å². The molecule has 1 rings (SSSR count). The molecule has 0 bridgehead atoms. The van der Waals surface area contributed by atoms with Gasteiger partial charge in [0.05, 0.1) is 5.92 Å². The zero-order valence-electron chi connectivity index (χ0n) is 9.03. The molecule has 0 radical (unpaired) electrons. The molecule has 0 spiro atoms. The van der Waals surface area contributed by atoms with Crippen LogP contribution in [-0.2, 0) is 11.2 Å². The first-order valence-electron chi connectivity index (χ1n) is 5.31. The largest absolute Gasteiger partial charge is 0.481 e. The minimum atomic E-state index is -0.730. The average Bonchev–Trinajstić information content (AvgIpc) is 2.26. The number of carboxylic acids is 1. The van der Waals surface area contributed by atoms with Gasteiger partial charge in [-0.1, -0.05) is 12.1 Å². The van der Waals surface area contributed by atoms with Gasteiger partial charge in [0.25, 0.3) is 0 Å². The first kappa shape index (κ1) is 13.4. The normalized spacial score (nSPS) is 12.4. The van der Waals surface area contributed by atoms with Gasteiger partial charge in [-0.25, -0.2) is 0 Å². The van der Waals surface area contributed by atoms with Crippen molar-refractivity contribution in [3.05, 3.63) is 33.4 Å². The van der Waals surface area contributed by atoms with Crippen LogP contribution in [0.5, 0.6) is 0 Å². The summed E-state index contributed by atoms with van der Waals surface area (Å²) < 4.78 is 1.16. The summed E-state index contributed by atoms with van der Waals surface area (Å²) in [6.07, 6.45) is 2.01. The maximum atomic E-state index is 11.0. The second-order valence-electron chi connectivity index (χ2n) is 3.80. The highest BCUT2D eigenvalue weighted by Crippen LogP contribution is 2.15. The molecule has 0 saturated heterocycles. The minimum Gasteiger partial charge on any atom is -0.481 e. The van der Waals surface area contributed by atoms with Crippen LogP contribution in [0.3, 0.4) is 0 Å². The highest BCUT2D eigenvalue weighted by Gasteiger charge is 2.17. The van der Waals surface area contributed by atoms with Crippen LogP contribution < -0.4 is 5.73 Å². The zero-order chi connectivity index (χ0) is 12.0. The molecule has 1 atom stereocenters. The van der Waals surface area contributed by atoms with E-state index in [-0.39, 0.29) is 5.92 Å². The Hall–Kier alpha value is -0.620. The summed E-state index contributed by atoms with van der Waals surface area (Å²) in [5, 5.41) is 9.07. The van der Waals surface area contributed by atoms with Crippen LogP contribution in [0.25, 0.3) is 0 Å². The quantitative estimate of drug-likeness (QED) is 0.785. The summed E-state index contributed by atoms with van der Waals surface area (Å²) >= 11 is 2.23. The average molecular weight is 333 g/mol. The molecule has 0 saturated carbocycles. The lowest BCUT2D eigenvalue weighted by molar-refractivity contribution is -0.141. The van der Waals surface area contributed by atoms with Crippen molar-refractivity contribution in [2.75, 3.05) is 6.54 Å². The molecule has 0 heterocycles. The number of nitrogens with two attached hydrogens (primary N) is 1. The van der Waals surface area contributed by atoms with Crippen LogP contribution in [-0.4, -0.2) is 17.6 Å². The Morgan fingerprint density at radius 2 is 2.00 bits per heavy atom. The summed E-state index contributed by atoms with van der Waals surface area (Å²) in [5.74, 6) is -1.05. The Kier molecular flexibility index (Phi) is 5.76. The van der Waals surface area contributed by atoms with Crippen LogP contribution in [0, 0.1) is 9.49 Å². The molecule has 88 valence electrons. The molecule has 3 nitrogen and oxygen atoms in total. The van der Waals surface area contributed by atoms with Crippen molar-refractivity contribution in [1.82, 2.24) is 0 Å². The SMILES string of the molecule is NCCCC(Cc1ccc(I)cc1)C(=O)O. The molecular weight excluding hydrogens is 317 g/mol. The molecule has 1 unspecified atom stereocenters. The van der Waals surface area contributed by atoms with E-state index in [4.69, 9.17) is 10.8 Å². The summed E-state index contributed by atoms with van der Waals surface area (Å²) in [7, 11) is 0. The smallest absolute Gasteiger partial charge is 0.306 e. The Morgan fingerprint density at radius 1 is 1.38 bits per heavy atom. The highest BCUT2D eigenvalue weighted by molar-refractivity contribution is 14.1. The van der Waals surface area contributed by atoms with Gasteiger partial charge < -0.3 is 10.8 Å². The van der Waals surface area contributed by atoms with Gasteiger partial charge in [-0.3, -0.25) is 4.79 Å². The Balaban J connectivity index is 2.60. The number of rotatable bonds is 6. The number of hydrogen-bond donors (Lipinski definition) is 2. The third-order valence-electron chi connectivity index (χ3n) is 2.50. The molecule has 0 fully saturated rings. The molecular formula is C12H16INO2. The Morgan fingerprint density at radius 3 is 2.50 bits per heavy atom. The van der Waals surface area contributed by atoms with E-state index in [0.717, 1.165) is 15.6 Å². The van der Waals surface area contributed by atoms with Crippen molar-refractivity contribution in [1.29, 1.82) is 0 Å². The molecule has 16 heavy (non-hydrogen) atoms. The number of aliphatic carboxylic acids is 1. The van der Waals surface area contributed by atoms with E-state index >= 15 is 0 Å². The van der Waals surface area contributed by atoms with Crippen LogP contribution in [0.2, 0.25) is 0 Å². The predicted octanol–water partition coefficient (Wildman–Crippen LogP) is 2.27. The molecule has 1 aromatic rings. The van der Waals surface area contributed by atoms with Gasteiger partial charge in [0.1, 0.15) is 0 Å². The molecule has 0 aliphatic carbocycles. The summed E-state index contributed by atoms with van der Waals surface area (Å²) in [6, 6.07) is 7.97. The molecule has 3 N–H and O–H groups in total. The number of benzene rings is 1. The fourth-order valence-electron chi connectivity index (χ4n) is 1.58. The Bertz CT molecular complexity index is 337. The van der Waals surface area contributed by atoms with Gasteiger partial charge in [0.15, 0.2) is 0 Å². The lowest BCUT2D eigenvalue weighted by Crippen LogP contribution is -2.17. The molecule has 4 heteroatoms. The van der Waals surface area contributed by atoms with Gasteiger partial charge in [0.2, 0.25) is 0 Å². The fraction of sp³-hybridized carbons (Fsp3) is 0.417. The van der Waals surface area contributed by atoms with Gasteiger partial charge in [-0.15, -0.1) is 0 Å². The van der Waals surface area contributed by atoms with E-state index in [1.807, 2.05) is 24.3 Å². The maximum Gasteiger partial charge on any atom is 0.306 e. The van der Waals surface area contributed by atoms with Crippen LogP contribution >= 0.6 is 22.6 Å². The molecule has 0 amide bonds. The second kappa shape index (κ2) is 6.85. The number of carboxylic acid groups (broad SMARTS) is 1. The van der Waals surface area contributed by atoms with E-state index < -0.39 is 5.97 Å². The first-order chi connectivity index (χ1) is 7.63. The standard InChI is InChI=1S/C12H16INO2/c13-11-5-3-9(4-6-11)8-10(12(15)16)2-1-7-14/h3-6,10H,1-2,7-8,14H2,(H,15,16). The van der Waals surface area contributed by atoms with Crippen molar-refractivity contribution in [2.24, 2.45) is 11.7 Å². The first-order valence-corrected chi connectivity index (χ1v) is 6.38.